The van der Waals surface area contributed by atoms with E-state index in [9.17, 15) is 0 Å². The summed E-state index contributed by atoms with van der Waals surface area (Å²) in [4.78, 5) is 2.53. The number of nitrogens with zero attached hydrogens (tertiary/aromatic N) is 1. The van der Waals surface area contributed by atoms with Gasteiger partial charge < -0.3 is 5.73 Å². The molecular formula is C17H29ClN2. The van der Waals surface area contributed by atoms with Crippen LogP contribution in [0.4, 0.5) is 0 Å². The molecule has 0 radical (unpaired) electrons. The van der Waals surface area contributed by atoms with Gasteiger partial charge in [0.2, 0.25) is 0 Å². The molecule has 0 aliphatic carbocycles. The molecule has 1 aromatic carbocycles. The Morgan fingerprint density at radius 3 is 2.10 bits per heavy atom. The molecule has 0 fully saturated rings. The lowest BCUT2D eigenvalue weighted by Gasteiger charge is -2.44. The molecule has 0 spiro atoms. The van der Waals surface area contributed by atoms with Crippen LogP contribution in [-0.2, 0) is 6.42 Å². The van der Waals surface area contributed by atoms with E-state index in [1.54, 1.807) is 0 Å². The van der Waals surface area contributed by atoms with Gasteiger partial charge in [-0.05, 0) is 50.8 Å². The molecule has 0 saturated heterocycles. The highest BCUT2D eigenvalue weighted by atomic mass is 35.5. The average Bonchev–Trinajstić information content (AvgIpc) is 2.38. The van der Waals surface area contributed by atoms with E-state index in [0.717, 1.165) is 18.0 Å². The minimum absolute atomic E-state index is 0.0216. The van der Waals surface area contributed by atoms with Crippen LogP contribution in [0.1, 0.15) is 40.2 Å². The molecule has 0 heterocycles. The SMILES string of the molecule is CC(C)CN(C(C)C)C(C)(CN)Cc1ccc(Cl)cc1. The molecule has 0 aliphatic heterocycles. The highest BCUT2D eigenvalue weighted by molar-refractivity contribution is 6.30. The van der Waals surface area contributed by atoms with Crippen molar-refractivity contribution in [3.8, 4) is 0 Å². The molecular weight excluding hydrogens is 268 g/mol. The van der Waals surface area contributed by atoms with E-state index < -0.39 is 0 Å². The fraction of sp³-hybridized carbons (Fsp3) is 0.647. The van der Waals surface area contributed by atoms with Crippen LogP contribution >= 0.6 is 11.6 Å². The normalized spacial score (nSPS) is 15.1. The summed E-state index contributed by atoms with van der Waals surface area (Å²) >= 11 is 5.96. The topological polar surface area (TPSA) is 29.3 Å². The third-order valence-corrected chi connectivity index (χ3v) is 4.07. The van der Waals surface area contributed by atoms with Gasteiger partial charge in [0.05, 0.1) is 0 Å². The molecule has 0 aliphatic rings. The first-order valence-corrected chi connectivity index (χ1v) is 7.87. The lowest BCUT2D eigenvalue weighted by molar-refractivity contribution is 0.0628. The minimum atomic E-state index is -0.0216. The number of nitrogens with two attached hydrogens (primary N) is 1. The molecule has 0 saturated carbocycles. The highest BCUT2D eigenvalue weighted by Gasteiger charge is 2.32. The van der Waals surface area contributed by atoms with E-state index in [0.29, 0.717) is 18.5 Å². The second-order valence-corrected chi connectivity index (χ2v) is 7.08. The van der Waals surface area contributed by atoms with Crippen LogP contribution < -0.4 is 5.73 Å². The second kappa shape index (κ2) is 7.44. The van der Waals surface area contributed by atoms with Crippen molar-refractivity contribution in [3.05, 3.63) is 34.9 Å². The van der Waals surface area contributed by atoms with E-state index in [4.69, 9.17) is 17.3 Å². The Bertz CT molecular complexity index is 400. The standard InChI is InChI=1S/C17H29ClN2/c1-13(2)11-20(14(3)4)17(5,12-19)10-15-6-8-16(18)9-7-15/h6-9,13-14H,10-12,19H2,1-5H3. The van der Waals surface area contributed by atoms with Gasteiger partial charge in [0.25, 0.3) is 0 Å². The lowest BCUT2D eigenvalue weighted by Crippen LogP contribution is -2.57. The van der Waals surface area contributed by atoms with E-state index in [1.165, 1.54) is 5.56 Å². The third kappa shape index (κ3) is 4.76. The Hall–Kier alpha value is -0.570. The summed E-state index contributed by atoms with van der Waals surface area (Å²) < 4.78 is 0. The van der Waals surface area contributed by atoms with Gasteiger partial charge in [0.1, 0.15) is 0 Å². The van der Waals surface area contributed by atoms with Crippen LogP contribution in [0.3, 0.4) is 0 Å². The highest BCUT2D eigenvalue weighted by Crippen LogP contribution is 2.24. The van der Waals surface area contributed by atoms with Gasteiger partial charge in [-0.3, -0.25) is 4.90 Å². The van der Waals surface area contributed by atoms with Gasteiger partial charge >= 0.3 is 0 Å². The lowest BCUT2D eigenvalue weighted by atomic mass is 9.89. The summed E-state index contributed by atoms with van der Waals surface area (Å²) in [6.07, 6.45) is 0.950. The van der Waals surface area contributed by atoms with Crippen LogP contribution in [0.2, 0.25) is 5.02 Å². The van der Waals surface area contributed by atoms with Gasteiger partial charge in [0.15, 0.2) is 0 Å². The molecule has 1 atom stereocenters. The van der Waals surface area contributed by atoms with Crippen molar-refractivity contribution in [2.45, 2.75) is 52.6 Å². The number of rotatable bonds is 7. The van der Waals surface area contributed by atoms with Gasteiger partial charge in [-0.1, -0.05) is 37.6 Å². The van der Waals surface area contributed by atoms with Crippen molar-refractivity contribution in [1.82, 2.24) is 4.90 Å². The summed E-state index contributed by atoms with van der Waals surface area (Å²) in [7, 11) is 0. The zero-order valence-corrected chi connectivity index (χ0v) is 14.2. The number of hydrogen-bond acceptors (Lipinski definition) is 2. The zero-order chi connectivity index (χ0) is 15.3. The molecule has 20 heavy (non-hydrogen) atoms. The minimum Gasteiger partial charge on any atom is -0.329 e. The Morgan fingerprint density at radius 2 is 1.70 bits per heavy atom. The first-order chi connectivity index (χ1) is 9.28. The molecule has 0 aromatic heterocycles. The molecule has 1 unspecified atom stereocenters. The van der Waals surface area contributed by atoms with E-state index in [2.05, 4.69) is 51.7 Å². The Labute approximate surface area is 129 Å². The maximum absolute atomic E-state index is 6.13. The monoisotopic (exact) mass is 296 g/mol. The molecule has 0 amide bonds. The first-order valence-electron chi connectivity index (χ1n) is 7.49. The van der Waals surface area contributed by atoms with Crippen molar-refractivity contribution < 1.29 is 0 Å². The second-order valence-electron chi connectivity index (χ2n) is 6.64. The number of halogens is 1. The smallest absolute Gasteiger partial charge is 0.0406 e. The maximum Gasteiger partial charge on any atom is 0.0406 e. The average molecular weight is 297 g/mol. The molecule has 0 bridgehead atoms. The Balaban J connectivity index is 2.95. The Kier molecular flexibility index (Phi) is 6.50. The molecule has 1 rings (SSSR count). The van der Waals surface area contributed by atoms with Crippen molar-refractivity contribution in [3.63, 3.8) is 0 Å². The zero-order valence-electron chi connectivity index (χ0n) is 13.5. The molecule has 114 valence electrons. The maximum atomic E-state index is 6.13. The predicted octanol–water partition coefficient (Wildman–Crippen LogP) is 3.97. The molecule has 1 aromatic rings. The first kappa shape index (κ1) is 17.5. The van der Waals surface area contributed by atoms with Crippen molar-refractivity contribution in [2.75, 3.05) is 13.1 Å². The van der Waals surface area contributed by atoms with Crippen molar-refractivity contribution in [1.29, 1.82) is 0 Å². The van der Waals surface area contributed by atoms with Crippen LogP contribution in [0.15, 0.2) is 24.3 Å². The molecule has 2 N–H and O–H groups in total. The summed E-state index contributed by atoms with van der Waals surface area (Å²) in [6.45, 7) is 13.0. The predicted molar refractivity (Wildman–Crippen MR) is 89.3 cm³/mol. The van der Waals surface area contributed by atoms with Crippen molar-refractivity contribution in [2.24, 2.45) is 11.7 Å². The van der Waals surface area contributed by atoms with Gasteiger partial charge in [-0.15, -0.1) is 0 Å². The van der Waals surface area contributed by atoms with Crippen LogP contribution in [-0.4, -0.2) is 29.6 Å². The van der Waals surface area contributed by atoms with E-state index in [-0.39, 0.29) is 5.54 Å². The van der Waals surface area contributed by atoms with Gasteiger partial charge in [0, 0.05) is 29.7 Å². The van der Waals surface area contributed by atoms with E-state index in [1.807, 2.05) is 12.1 Å². The van der Waals surface area contributed by atoms with Gasteiger partial charge in [-0.25, -0.2) is 0 Å². The van der Waals surface area contributed by atoms with E-state index >= 15 is 0 Å². The van der Waals surface area contributed by atoms with Crippen LogP contribution in [0.25, 0.3) is 0 Å². The van der Waals surface area contributed by atoms with Gasteiger partial charge in [-0.2, -0.15) is 0 Å². The summed E-state index contributed by atoms with van der Waals surface area (Å²) in [6, 6.07) is 8.60. The summed E-state index contributed by atoms with van der Waals surface area (Å²) in [5, 5.41) is 0.783. The Morgan fingerprint density at radius 1 is 1.15 bits per heavy atom. The quantitative estimate of drug-likeness (QED) is 0.825. The summed E-state index contributed by atoms with van der Waals surface area (Å²) in [5.41, 5.74) is 7.40. The third-order valence-electron chi connectivity index (χ3n) is 3.82. The number of benzene rings is 1. The fourth-order valence-electron chi connectivity index (χ4n) is 2.78. The number of hydrogen-bond donors (Lipinski definition) is 1. The largest absolute Gasteiger partial charge is 0.329 e. The fourth-order valence-corrected chi connectivity index (χ4v) is 2.91. The van der Waals surface area contributed by atoms with Crippen LogP contribution in [0, 0.1) is 5.92 Å². The van der Waals surface area contributed by atoms with Crippen LogP contribution in [0.5, 0.6) is 0 Å². The molecule has 3 heteroatoms. The summed E-state index contributed by atoms with van der Waals surface area (Å²) in [5.74, 6) is 0.633. The molecule has 2 nitrogen and oxygen atoms in total. The van der Waals surface area contributed by atoms with Crippen molar-refractivity contribution >= 4 is 11.6 Å².